The Bertz CT molecular complexity index is 1240. The van der Waals surface area contributed by atoms with Crippen LogP contribution in [0.25, 0.3) is 17.1 Å². The predicted molar refractivity (Wildman–Crippen MR) is 123 cm³/mol. The number of thioether (sulfide) groups is 1. The average molecular weight is 464 g/mol. The highest BCUT2D eigenvalue weighted by Gasteiger charge is 2.24. The summed E-state index contributed by atoms with van der Waals surface area (Å²) in [4.78, 5) is 12.3. The molecule has 0 saturated heterocycles. The lowest BCUT2D eigenvalue weighted by atomic mass is 10.2. The first-order valence-corrected chi connectivity index (χ1v) is 11.0. The van der Waals surface area contributed by atoms with Gasteiger partial charge in [0.1, 0.15) is 5.69 Å². The molecule has 1 aromatic heterocycles. The Labute approximate surface area is 193 Å². The topological polar surface area (TPSA) is 97.1 Å². The van der Waals surface area contributed by atoms with Crippen LogP contribution in [-0.2, 0) is 4.79 Å². The van der Waals surface area contributed by atoms with E-state index in [1.807, 2.05) is 47.0 Å². The van der Waals surface area contributed by atoms with Crippen LogP contribution in [0.15, 0.2) is 89.1 Å². The second-order valence-electron chi connectivity index (χ2n) is 6.69. The van der Waals surface area contributed by atoms with E-state index in [0.717, 1.165) is 17.1 Å². The summed E-state index contributed by atoms with van der Waals surface area (Å²) in [6.45, 7) is 0. The van der Waals surface area contributed by atoms with Gasteiger partial charge in [-0.1, -0.05) is 54.1 Å². The number of nitrogens with zero attached hydrogens (tertiary/aromatic N) is 3. The zero-order chi connectivity index (χ0) is 22.3. The monoisotopic (exact) mass is 463 g/mol. The van der Waals surface area contributed by atoms with Gasteiger partial charge in [0.2, 0.25) is 0 Å². The standard InChI is InChI=1S/C23H18ClN5O2S/c24-18-9-11-19(12-10-18)29-22(17-6-2-1-3-7-17)27-28-23(29)32-15-21(31)26-25-14-16-5-4-8-20(30)13-16/h1-14H,15H2,(H2,26,30,31). The van der Waals surface area contributed by atoms with Gasteiger partial charge in [0.05, 0.1) is 22.6 Å². The molecule has 4 aromatic rings. The highest BCUT2D eigenvalue weighted by atomic mass is 35.5. The van der Waals surface area contributed by atoms with Gasteiger partial charge in [0, 0.05) is 5.02 Å². The Balaban J connectivity index is 1.50. The SMILES string of the molecule is O=C(CSc1n[nH]c(-c2ccccc2)[n+]1-c1ccc(Cl)cc1)NN=Cc1cccc([O-])c1. The van der Waals surface area contributed by atoms with Gasteiger partial charge in [-0.25, -0.2) is 5.43 Å². The first-order valence-electron chi connectivity index (χ1n) is 9.64. The summed E-state index contributed by atoms with van der Waals surface area (Å²) in [6, 6.07) is 23.5. The molecule has 2 N–H and O–H groups in total. The van der Waals surface area contributed by atoms with Crippen molar-refractivity contribution in [1.82, 2.24) is 15.6 Å². The second-order valence-corrected chi connectivity index (χ2v) is 8.07. The maximum absolute atomic E-state index is 12.3. The normalized spacial score (nSPS) is 11.0. The van der Waals surface area contributed by atoms with Gasteiger partial charge in [-0.05, 0) is 53.7 Å². The number of rotatable bonds is 7. The van der Waals surface area contributed by atoms with Gasteiger partial charge in [-0.15, -0.1) is 10.8 Å². The zero-order valence-electron chi connectivity index (χ0n) is 16.7. The van der Waals surface area contributed by atoms with Crippen molar-refractivity contribution in [2.24, 2.45) is 5.10 Å². The number of hydrazone groups is 1. The van der Waals surface area contributed by atoms with Gasteiger partial charge in [-0.3, -0.25) is 4.79 Å². The number of amides is 1. The molecule has 160 valence electrons. The highest BCUT2D eigenvalue weighted by molar-refractivity contribution is 7.99. The molecule has 0 fully saturated rings. The largest absolute Gasteiger partial charge is 0.872 e. The second kappa shape index (κ2) is 10.1. The van der Waals surface area contributed by atoms with Gasteiger partial charge in [0.15, 0.2) is 0 Å². The Kier molecular flexibility index (Phi) is 6.84. The van der Waals surface area contributed by atoms with Crippen LogP contribution in [-0.4, -0.2) is 28.1 Å². The van der Waals surface area contributed by atoms with Gasteiger partial charge < -0.3 is 5.11 Å². The maximum Gasteiger partial charge on any atom is 0.342 e. The molecule has 0 bridgehead atoms. The van der Waals surface area contributed by atoms with Crippen molar-refractivity contribution < 1.29 is 14.5 Å². The first-order chi connectivity index (χ1) is 15.6. The third-order valence-electron chi connectivity index (χ3n) is 4.40. The molecule has 7 nitrogen and oxygen atoms in total. The molecular weight excluding hydrogens is 446 g/mol. The molecule has 1 heterocycles. The van der Waals surface area contributed by atoms with Crippen LogP contribution in [0.2, 0.25) is 5.02 Å². The number of aromatic nitrogens is 3. The van der Waals surface area contributed by atoms with Crippen molar-refractivity contribution in [2.45, 2.75) is 5.16 Å². The van der Waals surface area contributed by atoms with Crippen LogP contribution < -0.4 is 15.1 Å². The van der Waals surface area contributed by atoms with E-state index in [-0.39, 0.29) is 17.4 Å². The summed E-state index contributed by atoms with van der Waals surface area (Å²) in [6.07, 6.45) is 1.43. The molecule has 0 aliphatic carbocycles. The molecule has 3 aromatic carbocycles. The van der Waals surface area contributed by atoms with Crippen LogP contribution in [0.1, 0.15) is 5.56 Å². The predicted octanol–water partition coefficient (Wildman–Crippen LogP) is 3.32. The summed E-state index contributed by atoms with van der Waals surface area (Å²) < 4.78 is 1.94. The lowest BCUT2D eigenvalue weighted by Gasteiger charge is -2.05. The van der Waals surface area contributed by atoms with Crippen molar-refractivity contribution in [2.75, 3.05) is 5.75 Å². The molecule has 0 aliphatic heterocycles. The van der Waals surface area contributed by atoms with E-state index in [1.54, 1.807) is 24.3 Å². The van der Waals surface area contributed by atoms with Crippen molar-refractivity contribution in [3.05, 3.63) is 89.4 Å². The highest BCUT2D eigenvalue weighted by Crippen LogP contribution is 2.21. The number of benzene rings is 3. The van der Waals surface area contributed by atoms with Gasteiger partial charge in [-0.2, -0.15) is 9.67 Å². The molecule has 0 unspecified atom stereocenters. The fourth-order valence-corrected chi connectivity index (χ4v) is 3.84. The number of aromatic amines is 1. The lowest BCUT2D eigenvalue weighted by Crippen LogP contribution is -2.34. The van der Waals surface area contributed by atoms with E-state index in [1.165, 1.54) is 30.1 Å². The quantitative estimate of drug-likeness (QED) is 0.190. The number of hydrogen-bond donors (Lipinski definition) is 2. The van der Waals surface area contributed by atoms with E-state index in [4.69, 9.17) is 11.6 Å². The molecule has 0 atom stereocenters. The third-order valence-corrected chi connectivity index (χ3v) is 5.59. The minimum atomic E-state index is -0.295. The lowest BCUT2D eigenvalue weighted by molar-refractivity contribution is -0.625. The fraction of sp³-hybridized carbons (Fsp3) is 0.0435. The molecule has 0 saturated carbocycles. The fourth-order valence-electron chi connectivity index (χ4n) is 2.95. The van der Waals surface area contributed by atoms with Crippen LogP contribution >= 0.6 is 23.4 Å². The summed E-state index contributed by atoms with van der Waals surface area (Å²) in [5.74, 6) is 0.476. The number of H-pyrrole nitrogens is 1. The summed E-state index contributed by atoms with van der Waals surface area (Å²) >= 11 is 7.32. The Hall–Kier alpha value is -3.62. The van der Waals surface area contributed by atoms with Gasteiger partial charge >= 0.3 is 5.16 Å². The number of nitrogens with one attached hydrogen (secondary N) is 2. The minimum absolute atomic E-state index is 0.103. The summed E-state index contributed by atoms with van der Waals surface area (Å²) in [5.41, 5.74) is 4.90. The maximum atomic E-state index is 12.3. The number of carbonyl (C=O) groups is 1. The van der Waals surface area contributed by atoms with Crippen LogP contribution in [0.4, 0.5) is 0 Å². The van der Waals surface area contributed by atoms with E-state index < -0.39 is 0 Å². The van der Waals surface area contributed by atoms with Crippen LogP contribution in [0.5, 0.6) is 5.75 Å². The number of hydrogen-bond acceptors (Lipinski definition) is 5. The number of carbonyl (C=O) groups excluding carboxylic acids is 1. The molecule has 1 amide bonds. The zero-order valence-corrected chi connectivity index (χ0v) is 18.3. The summed E-state index contributed by atoms with van der Waals surface area (Å²) in [7, 11) is 0. The minimum Gasteiger partial charge on any atom is -0.872 e. The molecule has 32 heavy (non-hydrogen) atoms. The van der Waals surface area contributed by atoms with E-state index in [9.17, 15) is 9.90 Å². The third kappa shape index (κ3) is 5.35. The number of halogens is 1. The Morgan fingerprint density at radius 2 is 1.91 bits per heavy atom. The van der Waals surface area contributed by atoms with Crippen molar-refractivity contribution in [3.63, 3.8) is 0 Å². The molecule has 0 spiro atoms. The first kappa shape index (κ1) is 21.6. The van der Waals surface area contributed by atoms with Crippen molar-refractivity contribution >= 4 is 35.5 Å². The molecule has 4 rings (SSSR count). The average Bonchev–Trinajstić information content (AvgIpc) is 3.23. The summed E-state index contributed by atoms with van der Waals surface area (Å²) in [5, 5.41) is 24.0. The van der Waals surface area contributed by atoms with Crippen LogP contribution in [0, 0.1) is 0 Å². The van der Waals surface area contributed by atoms with E-state index >= 15 is 0 Å². The van der Waals surface area contributed by atoms with E-state index in [2.05, 4.69) is 20.7 Å². The molecular formula is C23H18ClN5O2S. The van der Waals surface area contributed by atoms with Crippen molar-refractivity contribution in [3.8, 4) is 22.8 Å². The van der Waals surface area contributed by atoms with Crippen molar-refractivity contribution in [1.29, 1.82) is 0 Å². The molecule has 9 heteroatoms. The Morgan fingerprint density at radius 3 is 2.66 bits per heavy atom. The van der Waals surface area contributed by atoms with E-state index in [0.29, 0.717) is 15.7 Å². The molecule has 0 aliphatic rings. The Morgan fingerprint density at radius 1 is 1.12 bits per heavy atom. The molecule has 0 radical (unpaired) electrons. The smallest absolute Gasteiger partial charge is 0.342 e. The van der Waals surface area contributed by atoms with Crippen LogP contribution in [0.3, 0.4) is 0 Å². The van der Waals surface area contributed by atoms with Gasteiger partial charge in [0.25, 0.3) is 11.7 Å².